The summed E-state index contributed by atoms with van der Waals surface area (Å²) < 4.78 is 17.8. The van der Waals surface area contributed by atoms with E-state index in [2.05, 4.69) is 5.32 Å². The van der Waals surface area contributed by atoms with E-state index in [0.717, 1.165) is 6.20 Å². The molecule has 0 aromatic heterocycles. The lowest BCUT2D eigenvalue weighted by molar-refractivity contribution is -0.105. The van der Waals surface area contributed by atoms with Gasteiger partial charge in [0.2, 0.25) is 0 Å². The molecular weight excluding hydrogens is 161 g/mol. The first-order valence-corrected chi connectivity index (χ1v) is 3.48. The first-order chi connectivity index (χ1) is 5.61. The van der Waals surface area contributed by atoms with Gasteiger partial charge in [-0.05, 0) is 13.0 Å². The molecule has 0 aromatic rings. The lowest BCUT2D eigenvalue weighted by Crippen LogP contribution is -2.41. The minimum atomic E-state index is -0.786. The second-order valence-corrected chi connectivity index (χ2v) is 2.67. The van der Waals surface area contributed by atoms with Crippen LogP contribution in [0.25, 0.3) is 0 Å². The quantitative estimate of drug-likeness (QED) is 0.627. The maximum atomic E-state index is 12.8. The van der Waals surface area contributed by atoms with Crippen molar-refractivity contribution < 1.29 is 13.9 Å². The van der Waals surface area contributed by atoms with Gasteiger partial charge in [0.05, 0.1) is 5.57 Å². The van der Waals surface area contributed by atoms with E-state index in [1.807, 2.05) is 0 Å². The van der Waals surface area contributed by atoms with Crippen molar-refractivity contribution in [3.05, 3.63) is 23.7 Å². The summed E-state index contributed by atoms with van der Waals surface area (Å²) in [4.78, 5) is 10.3. The Morgan fingerprint density at radius 2 is 2.42 bits per heavy atom. The van der Waals surface area contributed by atoms with Crippen LogP contribution in [0.15, 0.2) is 23.7 Å². The number of dihydropyridines is 1. The van der Waals surface area contributed by atoms with Crippen molar-refractivity contribution in [3.8, 4) is 0 Å². The van der Waals surface area contributed by atoms with Gasteiger partial charge in [0, 0.05) is 13.3 Å². The molecule has 1 heterocycles. The highest BCUT2D eigenvalue weighted by atomic mass is 19.1. The van der Waals surface area contributed by atoms with Crippen LogP contribution in [-0.2, 0) is 9.53 Å². The molecule has 1 atom stereocenters. The zero-order chi connectivity index (χ0) is 9.19. The van der Waals surface area contributed by atoms with Gasteiger partial charge in [-0.1, -0.05) is 0 Å². The molecule has 1 aliphatic heterocycles. The third-order valence-electron chi connectivity index (χ3n) is 1.74. The van der Waals surface area contributed by atoms with Crippen LogP contribution in [0.4, 0.5) is 4.39 Å². The lowest BCUT2D eigenvalue weighted by atomic mass is 10.1. The molecule has 0 bridgehead atoms. The summed E-state index contributed by atoms with van der Waals surface area (Å²) in [6.45, 7) is 1.69. The number of nitrogens with one attached hydrogen (secondary N) is 1. The molecule has 0 radical (unpaired) electrons. The van der Waals surface area contributed by atoms with E-state index in [9.17, 15) is 9.18 Å². The molecule has 12 heavy (non-hydrogen) atoms. The fraction of sp³-hybridized carbons (Fsp3) is 0.375. The lowest BCUT2D eigenvalue weighted by Gasteiger charge is -2.28. The zero-order valence-electron chi connectivity index (χ0n) is 6.93. The Bertz CT molecular complexity index is 260. The van der Waals surface area contributed by atoms with E-state index in [-0.39, 0.29) is 5.57 Å². The Morgan fingerprint density at radius 3 is 2.92 bits per heavy atom. The van der Waals surface area contributed by atoms with E-state index < -0.39 is 11.6 Å². The van der Waals surface area contributed by atoms with Crippen molar-refractivity contribution in [1.29, 1.82) is 0 Å². The molecule has 4 heteroatoms. The first-order valence-electron chi connectivity index (χ1n) is 3.48. The summed E-state index contributed by atoms with van der Waals surface area (Å²) in [7, 11) is 1.48. The molecule has 0 aliphatic carbocycles. The SMILES string of the molecule is CO[C@]1(C)C=C(C=O)C(F)=CN1. The number of carbonyl (C=O) groups excluding carboxylic acids is 1. The van der Waals surface area contributed by atoms with Gasteiger partial charge < -0.3 is 10.1 Å². The van der Waals surface area contributed by atoms with Crippen LogP contribution in [-0.4, -0.2) is 19.1 Å². The van der Waals surface area contributed by atoms with Gasteiger partial charge in [0.25, 0.3) is 0 Å². The molecule has 0 saturated carbocycles. The van der Waals surface area contributed by atoms with E-state index in [4.69, 9.17) is 4.74 Å². The fourth-order valence-electron chi connectivity index (χ4n) is 0.906. The molecule has 1 aliphatic rings. The van der Waals surface area contributed by atoms with Crippen LogP contribution < -0.4 is 5.32 Å². The molecule has 1 rings (SSSR count). The van der Waals surface area contributed by atoms with Gasteiger partial charge in [0.1, 0.15) is 5.83 Å². The number of aldehydes is 1. The van der Waals surface area contributed by atoms with Gasteiger partial charge >= 0.3 is 0 Å². The highest BCUT2D eigenvalue weighted by molar-refractivity contribution is 5.79. The maximum absolute atomic E-state index is 12.8. The third-order valence-corrected chi connectivity index (χ3v) is 1.74. The molecule has 1 N–H and O–H groups in total. The number of rotatable bonds is 2. The highest BCUT2D eigenvalue weighted by Crippen LogP contribution is 2.20. The summed E-state index contributed by atoms with van der Waals surface area (Å²) in [6.07, 6.45) is 2.98. The molecule has 0 spiro atoms. The van der Waals surface area contributed by atoms with Gasteiger partial charge in [0.15, 0.2) is 12.0 Å². The summed E-state index contributed by atoms with van der Waals surface area (Å²) in [5.41, 5.74) is -0.774. The van der Waals surface area contributed by atoms with E-state index in [1.54, 1.807) is 6.92 Å². The molecule has 0 unspecified atom stereocenters. The normalized spacial score (nSPS) is 28.6. The van der Waals surface area contributed by atoms with Crippen molar-refractivity contribution >= 4 is 6.29 Å². The minimum absolute atomic E-state index is 0.0121. The molecular formula is C8H10FNO2. The van der Waals surface area contributed by atoms with Crippen molar-refractivity contribution in [2.75, 3.05) is 7.11 Å². The van der Waals surface area contributed by atoms with Crippen LogP contribution >= 0.6 is 0 Å². The van der Waals surface area contributed by atoms with Crippen LogP contribution in [0.1, 0.15) is 6.92 Å². The first kappa shape index (κ1) is 8.93. The summed E-state index contributed by atoms with van der Waals surface area (Å²) >= 11 is 0. The molecule has 0 aromatic carbocycles. The van der Waals surface area contributed by atoms with E-state index >= 15 is 0 Å². The van der Waals surface area contributed by atoms with Crippen LogP contribution in [0, 0.1) is 0 Å². The Morgan fingerprint density at radius 1 is 1.75 bits per heavy atom. The summed E-state index contributed by atoms with van der Waals surface area (Å²) in [5, 5.41) is 2.66. The maximum Gasteiger partial charge on any atom is 0.155 e. The van der Waals surface area contributed by atoms with E-state index in [0.29, 0.717) is 6.29 Å². The smallest absolute Gasteiger partial charge is 0.155 e. The number of hydrogen-bond acceptors (Lipinski definition) is 3. The predicted octanol–water partition coefficient (Wildman–Crippen LogP) is 0.888. The topological polar surface area (TPSA) is 38.3 Å². The number of hydrogen-bond donors (Lipinski definition) is 1. The largest absolute Gasteiger partial charge is 0.358 e. The molecule has 0 amide bonds. The van der Waals surface area contributed by atoms with Crippen molar-refractivity contribution in [2.24, 2.45) is 0 Å². The van der Waals surface area contributed by atoms with Gasteiger partial charge in [-0.2, -0.15) is 0 Å². The van der Waals surface area contributed by atoms with Crippen molar-refractivity contribution in [1.82, 2.24) is 5.32 Å². The summed E-state index contributed by atoms with van der Waals surface area (Å²) in [5.74, 6) is -0.570. The van der Waals surface area contributed by atoms with Crippen LogP contribution in [0.5, 0.6) is 0 Å². The van der Waals surface area contributed by atoms with E-state index in [1.165, 1.54) is 13.2 Å². The highest BCUT2D eigenvalue weighted by Gasteiger charge is 2.24. The second kappa shape index (κ2) is 3.06. The third kappa shape index (κ3) is 1.53. The van der Waals surface area contributed by atoms with Crippen LogP contribution in [0.3, 0.4) is 0 Å². The van der Waals surface area contributed by atoms with Crippen LogP contribution in [0.2, 0.25) is 0 Å². The number of halogens is 1. The van der Waals surface area contributed by atoms with Crippen molar-refractivity contribution in [3.63, 3.8) is 0 Å². The predicted molar refractivity (Wildman–Crippen MR) is 41.9 cm³/mol. The standard InChI is InChI=1S/C8H10FNO2/c1-8(12-2)3-6(5-11)7(9)4-10-8/h3-5,10H,1-2H3/t8-/m1/s1. The molecule has 3 nitrogen and oxygen atoms in total. The number of carbonyl (C=O) groups is 1. The second-order valence-electron chi connectivity index (χ2n) is 2.67. The zero-order valence-corrected chi connectivity index (χ0v) is 6.93. The Hall–Kier alpha value is -1.16. The number of ether oxygens (including phenoxy) is 1. The Balaban J connectivity index is 2.94. The monoisotopic (exact) mass is 171 g/mol. The molecule has 0 saturated heterocycles. The number of methoxy groups -OCH3 is 1. The Kier molecular flexibility index (Phi) is 2.28. The average molecular weight is 171 g/mol. The van der Waals surface area contributed by atoms with Gasteiger partial charge in [-0.15, -0.1) is 0 Å². The molecule has 66 valence electrons. The minimum Gasteiger partial charge on any atom is -0.358 e. The average Bonchev–Trinajstić information content (AvgIpc) is 2.10. The van der Waals surface area contributed by atoms with Gasteiger partial charge in [-0.3, -0.25) is 4.79 Å². The van der Waals surface area contributed by atoms with Gasteiger partial charge in [-0.25, -0.2) is 4.39 Å². The fourth-order valence-corrected chi connectivity index (χ4v) is 0.906. The molecule has 0 fully saturated rings. The number of allylic oxidation sites excluding steroid dienone is 2. The summed E-state index contributed by atoms with van der Waals surface area (Å²) in [6, 6.07) is 0. The van der Waals surface area contributed by atoms with Crippen molar-refractivity contribution in [2.45, 2.75) is 12.6 Å². The Labute approximate surface area is 69.9 Å².